The molecule has 0 bridgehead atoms. The molecule has 0 saturated heterocycles. The summed E-state index contributed by atoms with van der Waals surface area (Å²) in [6, 6.07) is 5.74. The Labute approximate surface area is 122 Å². The van der Waals surface area contributed by atoms with Crippen molar-refractivity contribution in [3.63, 3.8) is 0 Å². The van der Waals surface area contributed by atoms with E-state index in [0.717, 1.165) is 22.8 Å². The summed E-state index contributed by atoms with van der Waals surface area (Å²) < 4.78 is 11.0. The number of aromatic nitrogens is 2. The minimum atomic E-state index is -0.0591. The minimum absolute atomic E-state index is 0.0591. The SMILES string of the molecule is Cc1[nH]ncc1C(=O)N(C)Cc1ccc2c(c1)OCCO2. The molecule has 0 radical (unpaired) electrons. The zero-order chi connectivity index (χ0) is 14.8. The van der Waals surface area contributed by atoms with Gasteiger partial charge in [0.2, 0.25) is 0 Å². The quantitative estimate of drug-likeness (QED) is 0.934. The standard InChI is InChI=1S/C15H17N3O3/c1-10-12(8-16-17-10)15(19)18(2)9-11-3-4-13-14(7-11)21-6-5-20-13/h3-4,7-8H,5-6,9H2,1-2H3,(H,16,17). The molecule has 0 saturated carbocycles. The van der Waals surface area contributed by atoms with E-state index < -0.39 is 0 Å². The number of aromatic amines is 1. The summed E-state index contributed by atoms with van der Waals surface area (Å²) in [6.45, 7) is 3.46. The summed E-state index contributed by atoms with van der Waals surface area (Å²) in [5.41, 5.74) is 2.36. The molecule has 110 valence electrons. The molecule has 1 aliphatic rings. The maximum Gasteiger partial charge on any atom is 0.257 e. The van der Waals surface area contributed by atoms with Crippen LogP contribution in [-0.2, 0) is 6.54 Å². The van der Waals surface area contributed by atoms with Gasteiger partial charge >= 0.3 is 0 Å². The second-order valence-corrected chi connectivity index (χ2v) is 5.05. The second-order valence-electron chi connectivity index (χ2n) is 5.05. The predicted molar refractivity (Wildman–Crippen MR) is 76.6 cm³/mol. The van der Waals surface area contributed by atoms with Crippen LogP contribution in [-0.4, -0.2) is 41.3 Å². The van der Waals surface area contributed by atoms with Crippen molar-refractivity contribution in [3.05, 3.63) is 41.2 Å². The Morgan fingerprint density at radius 2 is 2.10 bits per heavy atom. The molecule has 6 nitrogen and oxygen atoms in total. The molecule has 1 amide bonds. The van der Waals surface area contributed by atoms with Gasteiger partial charge < -0.3 is 14.4 Å². The van der Waals surface area contributed by atoms with Crippen molar-refractivity contribution < 1.29 is 14.3 Å². The van der Waals surface area contributed by atoms with Gasteiger partial charge in [-0.15, -0.1) is 0 Å². The highest BCUT2D eigenvalue weighted by atomic mass is 16.6. The number of carbonyl (C=O) groups is 1. The van der Waals surface area contributed by atoms with E-state index in [1.165, 1.54) is 0 Å². The van der Waals surface area contributed by atoms with Crippen LogP contribution in [0.3, 0.4) is 0 Å². The van der Waals surface area contributed by atoms with Crippen LogP contribution in [0.15, 0.2) is 24.4 Å². The van der Waals surface area contributed by atoms with Crippen LogP contribution < -0.4 is 9.47 Å². The van der Waals surface area contributed by atoms with E-state index in [1.54, 1.807) is 18.1 Å². The van der Waals surface area contributed by atoms with E-state index in [0.29, 0.717) is 25.3 Å². The van der Waals surface area contributed by atoms with Crippen molar-refractivity contribution in [1.29, 1.82) is 0 Å². The Hall–Kier alpha value is -2.50. The highest BCUT2D eigenvalue weighted by Gasteiger charge is 2.17. The average molecular weight is 287 g/mol. The van der Waals surface area contributed by atoms with Gasteiger partial charge in [-0.05, 0) is 24.6 Å². The summed E-state index contributed by atoms with van der Waals surface area (Å²) in [6.07, 6.45) is 1.55. The van der Waals surface area contributed by atoms with E-state index in [2.05, 4.69) is 10.2 Å². The smallest absolute Gasteiger partial charge is 0.257 e. The third-order valence-corrected chi connectivity index (χ3v) is 3.43. The van der Waals surface area contributed by atoms with Gasteiger partial charge in [-0.25, -0.2) is 0 Å². The average Bonchev–Trinajstić information content (AvgIpc) is 2.92. The highest BCUT2D eigenvalue weighted by molar-refractivity contribution is 5.94. The number of amides is 1. The Morgan fingerprint density at radius 1 is 1.33 bits per heavy atom. The number of fused-ring (bicyclic) bond motifs is 1. The lowest BCUT2D eigenvalue weighted by Gasteiger charge is -2.21. The van der Waals surface area contributed by atoms with Gasteiger partial charge in [0.1, 0.15) is 13.2 Å². The van der Waals surface area contributed by atoms with Crippen LogP contribution in [0.2, 0.25) is 0 Å². The lowest BCUT2D eigenvalue weighted by molar-refractivity contribution is 0.0784. The molecule has 6 heteroatoms. The number of hydrogen-bond acceptors (Lipinski definition) is 4. The summed E-state index contributed by atoms with van der Waals surface area (Å²) in [7, 11) is 1.77. The molecule has 1 N–H and O–H groups in total. The number of carbonyl (C=O) groups excluding carboxylic acids is 1. The monoisotopic (exact) mass is 287 g/mol. The third kappa shape index (κ3) is 2.69. The minimum Gasteiger partial charge on any atom is -0.486 e. The Balaban J connectivity index is 1.74. The van der Waals surface area contributed by atoms with Crippen molar-refractivity contribution in [2.24, 2.45) is 0 Å². The van der Waals surface area contributed by atoms with Crippen molar-refractivity contribution in [3.8, 4) is 11.5 Å². The molecule has 2 aromatic rings. The van der Waals surface area contributed by atoms with Gasteiger partial charge in [0.25, 0.3) is 5.91 Å². The highest BCUT2D eigenvalue weighted by Crippen LogP contribution is 2.31. The second kappa shape index (κ2) is 5.47. The fraction of sp³-hybridized carbons (Fsp3) is 0.333. The molecule has 21 heavy (non-hydrogen) atoms. The molecule has 0 unspecified atom stereocenters. The van der Waals surface area contributed by atoms with E-state index in [1.807, 2.05) is 25.1 Å². The van der Waals surface area contributed by atoms with Crippen LogP contribution in [0.1, 0.15) is 21.6 Å². The number of H-pyrrole nitrogens is 1. The lowest BCUT2D eigenvalue weighted by Crippen LogP contribution is -2.26. The summed E-state index contributed by atoms with van der Waals surface area (Å²) in [4.78, 5) is 14.0. The number of benzene rings is 1. The van der Waals surface area contributed by atoms with E-state index in [-0.39, 0.29) is 5.91 Å². The molecule has 1 aromatic carbocycles. The first-order valence-corrected chi connectivity index (χ1v) is 6.79. The summed E-state index contributed by atoms with van der Waals surface area (Å²) in [5.74, 6) is 1.43. The normalized spacial score (nSPS) is 13.0. The first kappa shape index (κ1) is 13.5. The number of hydrogen-bond donors (Lipinski definition) is 1. The number of rotatable bonds is 3. The van der Waals surface area contributed by atoms with Crippen molar-refractivity contribution >= 4 is 5.91 Å². The molecule has 1 aliphatic heterocycles. The maximum atomic E-state index is 12.3. The third-order valence-electron chi connectivity index (χ3n) is 3.43. The zero-order valence-electron chi connectivity index (χ0n) is 12.0. The molecule has 0 aliphatic carbocycles. The maximum absolute atomic E-state index is 12.3. The van der Waals surface area contributed by atoms with Crippen LogP contribution in [0.5, 0.6) is 11.5 Å². The van der Waals surface area contributed by atoms with Gasteiger partial charge in [-0.3, -0.25) is 9.89 Å². The molecule has 2 heterocycles. The molecular formula is C15H17N3O3. The van der Waals surface area contributed by atoms with E-state index in [4.69, 9.17) is 9.47 Å². The van der Waals surface area contributed by atoms with Crippen LogP contribution >= 0.6 is 0 Å². The zero-order valence-corrected chi connectivity index (χ0v) is 12.0. The van der Waals surface area contributed by atoms with Crippen molar-refractivity contribution in [2.75, 3.05) is 20.3 Å². The topological polar surface area (TPSA) is 67.5 Å². The van der Waals surface area contributed by atoms with Crippen molar-refractivity contribution in [2.45, 2.75) is 13.5 Å². The Kier molecular flexibility index (Phi) is 3.51. The molecule has 3 rings (SSSR count). The number of nitrogens with zero attached hydrogens (tertiary/aromatic N) is 2. The number of ether oxygens (including phenoxy) is 2. The van der Waals surface area contributed by atoms with Gasteiger partial charge in [-0.2, -0.15) is 5.10 Å². The van der Waals surface area contributed by atoms with E-state index in [9.17, 15) is 4.79 Å². The van der Waals surface area contributed by atoms with E-state index >= 15 is 0 Å². The largest absolute Gasteiger partial charge is 0.486 e. The number of aryl methyl sites for hydroxylation is 1. The first-order chi connectivity index (χ1) is 10.1. The molecule has 0 atom stereocenters. The number of nitrogens with one attached hydrogen (secondary N) is 1. The Morgan fingerprint density at radius 3 is 2.81 bits per heavy atom. The van der Waals surface area contributed by atoms with Gasteiger partial charge in [-0.1, -0.05) is 6.07 Å². The fourth-order valence-electron chi connectivity index (χ4n) is 2.30. The summed E-state index contributed by atoms with van der Waals surface area (Å²) >= 11 is 0. The predicted octanol–water partition coefficient (Wildman–Crippen LogP) is 1.76. The Bertz CT molecular complexity index is 666. The van der Waals surface area contributed by atoms with Crippen LogP contribution in [0.25, 0.3) is 0 Å². The first-order valence-electron chi connectivity index (χ1n) is 6.79. The summed E-state index contributed by atoms with van der Waals surface area (Å²) in [5, 5.41) is 6.66. The van der Waals surface area contributed by atoms with Crippen LogP contribution in [0.4, 0.5) is 0 Å². The van der Waals surface area contributed by atoms with Gasteiger partial charge in [0.15, 0.2) is 11.5 Å². The van der Waals surface area contributed by atoms with Gasteiger partial charge in [0.05, 0.1) is 11.8 Å². The molecule has 0 spiro atoms. The van der Waals surface area contributed by atoms with Gasteiger partial charge in [0, 0.05) is 19.3 Å². The fourth-order valence-corrected chi connectivity index (χ4v) is 2.30. The lowest BCUT2D eigenvalue weighted by atomic mass is 10.1. The molecular weight excluding hydrogens is 270 g/mol. The molecule has 1 aromatic heterocycles. The van der Waals surface area contributed by atoms with Crippen LogP contribution in [0, 0.1) is 6.92 Å². The van der Waals surface area contributed by atoms with Crippen molar-refractivity contribution in [1.82, 2.24) is 15.1 Å². The molecule has 0 fully saturated rings.